The highest BCUT2D eigenvalue weighted by molar-refractivity contribution is 8.16. The summed E-state index contributed by atoms with van der Waals surface area (Å²) in [5.41, 5.74) is 4.86. The summed E-state index contributed by atoms with van der Waals surface area (Å²) in [4.78, 5) is 31.8. The topological polar surface area (TPSA) is 80.2 Å². The Labute approximate surface area is 203 Å². The van der Waals surface area contributed by atoms with Gasteiger partial charge in [0.25, 0.3) is 5.91 Å². The van der Waals surface area contributed by atoms with E-state index in [1.165, 1.54) is 11.8 Å². The van der Waals surface area contributed by atoms with Gasteiger partial charge in [-0.15, -0.1) is 0 Å². The number of ether oxygens (including phenoxy) is 2. The second-order valence-electron chi connectivity index (χ2n) is 8.05. The molecule has 1 atom stereocenters. The lowest BCUT2D eigenvalue weighted by molar-refractivity contribution is -0.139. The van der Waals surface area contributed by atoms with Crippen LogP contribution in [0.15, 0.2) is 70.3 Å². The minimum atomic E-state index is -0.398. The van der Waals surface area contributed by atoms with E-state index >= 15 is 0 Å². The maximum absolute atomic E-state index is 12.8. The molecule has 2 aliphatic rings. The molecule has 0 radical (unpaired) electrons. The Morgan fingerprint density at radius 1 is 1.15 bits per heavy atom. The zero-order valence-electron chi connectivity index (χ0n) is 19.6. The summed E-state index contributed by atoms with van der Waals surface area (Å²) in [6.07, 6.45) is 1.91. The predicted octanol–water partition coefficient (Wildman–Crippen LogP) is 5.09. The Morgan fingerprint density at radius 2 is 1.97 bits per heavy atom. The third-order valence-corrected chi connectivity index (χ3v) is 6.29. The summed E-state index contributed by atoms with van der Waals surface area (Å²) in [7, 11) is 0. The van der Waals surface area contributed by atoms with Crippen LogP contribution in [0, 0.1) is 13.8 Å². The Kier molecular flexibility index (Phi) is 7.07. The first-order valence-electron chi connectivity index (χ1n) is 11.1. The van der Waals surface area contributed by atoms with E-state index in [1.54, 1.807) is 13.0 Å². The summed E-state index contributed by atoms with van der Waals surface area (Å²) in [6.45, 7) is 7.71. The maximum atomic E-state index is 12.8. The first kappa shape index (κ1) is 23.6. The monoisotopic (exact) mass is 477 g/mol. The number of allylic oxidation sites excluding steroid dienone is 1. The van der Waals surface area contributed by atoms with Crippen molar-refractivity contribution in [3.05, 3.63) is 82.0 Å². The fourth-order valence-corrected chi connectivity index (χ4v) is 4.75. The van der Waals surface area contributed by atoms with Gasteiger partial charge in [-0.05, 0) is 62.4 Å². The van der Waals surface area contributed by atoms with Crippen molar-refractivity contribution < 1.29 is 19.1 Å². The molecule has 0 bridgehead atoms. The van der Waals surface area contributed by atoms with Gasteiger partial charge in [-0.1, -0.05) is 41.6 Å². The second kappa shape index (κ2) is 10.2. The van der Waals surface area contributed by atoms with Crippen LogP contribution in [-0.2, 0) is 14.3 Å². The molecule has 0 spiro atoms. The summed E-state index contributed by atoms with van der Waals surface area (Å²) in [5, 5.41) is 5.63. The van der Waals surface area contributed by atoms with Crippen LogP contribution >= 0.6 is 11.8 Å². The van der Waals surface area contributed by atoms with Gasteiger partial charge in [-0.3, -0.25) is 4.79 Å². The summed E-state index contributed by atoms with van der Waals surface area (Å²) in [6, 6.07) is 12.9. The lowest BCUT2D eigenvalue weighted by atomic mass is 9.94. The van der Waals surface area contributed by atoms with Crippen molar-refractivity contribution in [3.8, 4) is 5.75 Å². The van der Waals surface area contributed by atoms with E-state index in [9.17, 15) is 9.59 Å². The van der Waals surface area contributed by atoms with Crippen molar-refractivity contribution in [2.45, 2.75) is 33.7 Å². The van der Waals surface area contributed by atoms with Crippen molar-refractivity contribution in [2.75, 3.05) is 18.5 Å². The largest absolute Gasteiger partial charge is 0.484 e. The van der Waals surface area contributed by atoms with E-state index in [4.69, 9.17) is 9.47 Å². The lowest BCUT2D eigenvalue weighted by Crippen LogP contribution is -2.34. The molecule has 2 aromatic rings. The fraction of sp³-hybridized carbons (Fsp3) is 0.269. The number of amidine groups is 1. The van der Waals surface area contributed by atoms with Gasteiger partial charge in [0.2, 0.25) is 0 Å². The van der Waals surface area contributed by atoms with Crippen molar-refractivity contribution in [3.63, 3.8) is 0 Å². The highest BCUT2D eigenvalue weighted by Crippen LogP contribution is 2.41. The number of amides is 1. The predicted molar refractivity (Wildman–Crippen MR) is 135 cm³/mol. The van der Waals surface area contributed by atoms with Crippen molar-refractivity contribution in [1.82, 2.24) is 4.90 Å². The van der Waals surface area contributed by atoms with Gasteiger partial charge in [-0.25, -0.2) is 9.79 Å². The molecule has 4 rings (SSSR count). The molecule has 0 saturated carbocycles. The number of anilines is 1. The van der Waals surface area contributed by atoms with Crippen molar-refractivity contribution >= 4 is 34.5 Å². The smallest absolute Gasteiger partial charge is 0.338 e. The molecule has 0 aromatic heterocycles. The van der Waals surface area contributed by atoms with Gasteiger partial charge in [0.05, 0.1) is 23.9 Å². The van der Waals surface area contributed by atoms with Crippen molar-refractivity contribution in [1.29, 1.82) is 0 Å². The van der Waals surface area contributed by atoms with Gasteiger partial charge in [0.1, 0.15) is 5.75 Å². The van der Waals surface area contributed by atoms with Crippen LogP contribution in [0.3, 0.4) is 0 Å². The molecule has 2 aromatic carbocycles. The van der Waals surface area contributed by atoms with E-state index in [1.807, 2.05) is 73.7 Å². The molecule has 1 N–H and O–H groups in total. The second-order valence-corrected chi connectivity index (χ2v) is 8.93. The minimum absolute atomic E-state index is 0.132. The van der Waals surface area contributed by atoms with E-state index in [-0.39, 0.29) is 19.1 Å². The Hall–Kier alpha value is -3.52. The number of rotatable bonds is 7. The fourth-order valence-electron chi connectivity index (χ4n) is 3.96. The number of carbonyl (C=O) groups is 2. The Morgan fingerprint density at radius 3 is 2.74 bits per heavy atom. The molecule has 2 heterocycles. The SMILES string of the molecule is CCOC(=O)C1=C(C)N=C2SC=CN2[C@H]1c1cccc(OCC(=O)Nc2ccc(C)cc2C)c1. The minimum Gasteiger partial charge on any atom is -0.484 e. The lowest BCUT2D eigenvalue weighted by Gasteiger charge is -2.33. The molecule has 34 heavy (non-hydrogen) atoms. The summed E-state index contributed by atoms with van der Waals surface area (Å²) >= 11 is 1.50. The first-order valence-corrected chi connectivity index (χ1v) is 11.9. The van der Waals surface area contributed by atoms with Gasteiger partial charge >= 0.3 is 5.97 Å². The van der Waals surface area contributed by atoms with E-state index in [0.717, 1.165) is 27.5 Å². The van der Waals surface area contributed by atoms with Crippen LogP contribution in [0.1, 0.15) is 36.6 Å². The normalized spacial score (nSPS) is 16.8. The standard InChI is InChI=1S/C26H27N3O4S/c1-5-32-25(31)23-18(4)27-26-29(11-12-34-26)24(23)19-7-6-8-20(14-19)33-15-22(30)28-21-10-9-16(2)13-17(21)3/h6-14,24H,5,15H2,1-4H3,(H,28,30)/t24-/m0/s1. The molecule has 8 heteroatoms. The maximum Gasteiger partial charge on any atom is 0.338 e. The number of carbonyl (C=O) groups excluding carboxylic acids is 2. The summed E-state index contributed by atoms with van der Waals surface area (Å²) < 4.78 is 11.1. The number of benzene rings is 2. The summed E-state index contributed by atoms with van der Waals surface area (Å²) in [5.74, 6) is -0.0995. The van der Waals surface area contributed by atoms with Gasteiger partial charge < -0.3 is 19.7 Å². The highest BCUT2D eigenvalue weighted by atomic mass is 32.2. The quantitative estimate of drug-likeness (QED) is 0.560. The van der Waals surface area contributed by atoms with Crippen LogP contribution in [0.4, 0.5) is 5.69 Å². The van der Waals surface area contributed by atoms with Crippen LogP contribution in [-0.4, -0.2) is 35.2 Å². The van der Waals surface area contributed by atoms with E-state index in [0.29, 0.717) is 17.0 Å². The Balaban J connectivity index is 1.52. The van der Waals surface area contributed by atoms with Crippen LogP contribution < -0.4 is 10.1 Å². The number of esters is 1. The molecule has 0 saturated heterocycles. The first-order chi connectivity index (χ1) is 16.4. The highest BCUT2D eigenvalue weighted by Gasteiger charge is 2.37. The van der Waals surface area contributed by atoms with Crippen molar-refractivity contribution in [2.24, 2.45) is 4.99 Å². The average molecular weight is 478 g/mol. The van der Waals surface area contributed by atoms with E-state index < -0.39 is 12.0 Å². The van der Waals surface area contributed by atoms with Gasteiger partial charge in [-0.2, -0.15) is 0 Å². The Bertz CT molecular complexity index is 1220. The molecule has 1 amide bonds. The number of fused-ring (bicyclic) bond motifs is 1. The number of nitrogens with zero attached hydrogens (tertiary/aromatic N) is 2. The number of aryl methyl sites for hydroxylation is 2. The molecule has 176 valence electrons. The third-order valence-electron chi connectivity index (χ3n) is 5.52. The molecule has 7 nitrogen and oxygen atoms in total. The molecular weight excluding hydrogens is 450 g/mol. The number of hydrogen-bond acceptors (Lipinski definition) is 7. The van der Waals surface area contributed by atoms with Crippen LogP contribution in [0.2, 0.25) is 0 Å². The third kappa shape index (κ3) is 5.02. The van der Waals surface area contributed by atoms with Crippen LogP contribution in [0.5, 0.6) is 5.75 Å². The average Bonchev–Trinajstić information content (AvgIpc) is 3.27. The number of hydrogen-bond donors (Lipinski definition) is 1. The molecule has 0 fully saturated rings. The van der Waals surface area contributed by atoms with Crippen LogP contribution in [0.25, 0.3) is 0 Å². The zero-order valence-corrected chi connectivity index (χ0v) is 20.4. The van der Waals surface area contributed by atoms with Gasteiger partial charge in [0, 0.05) is 11.9 Å². The number of thioether (sulfide) groups is 1. The van der Waals surface area contributed by atoms with E-state index in [2.05, 4.69) is 10.3 Å². The number of nitrogens with one attached hydrogen (secondary N) is 1. The number of aliphatic imine (C=N–C) groups is 1. The van der Waals surface area contributed by atoms with Gasteiger partial charge in [0.15, 0.2) is 11.8 Å². The molecular formula is C26H27N3O4S. The molecule has 0 aliphatic carbocycles. The molecule has 2 aliphatic heterocycles. The zero-order chi connectivity index (χ0) is 24.2. The molecule has 0 unspecified atom stereocenters.